The molecule has 2 aromatic rings. The lowest BCUT2D eigenvalue weighted by molar-refractivity contribution is -0.133. The number of carbonyl (C=O) groups is 1. The van der Waals surface area contributed by atoms with Crippen LogP contribution in [0.2, 0.25) is 0 Å². The van der Waals surface area contributed by atoms with Crippen LogP contribution in [-0.2, 0) is 19.8 Å². The molecule has 10 nitrogen and oxygen atoms in total. The summed E-state index contributed by atoms with van der Waals surface area (Å²) in [7, 11) is 0. The van der Waals surface area contributed by atoms with Crippen LogP contribution in [0.4, 0.5) is 10.6 Å². The molecule has 1 saturated carbocycles. The SMILES string of the molecule is CC(C)OC(=O)OC1[C@H]2O[C@@](C)(c3ccc4c(N)ncnn34)[C@H](O)[C@@]12O. The molecule has 4 N–H and O–H groups in total. The Balaban J connectivity index is 1.60. The Bertz CT molecular complexity index is 885. The van der Waals surface area contributed by atoms with Gasteiger partial charge < -0.3 is 30.2 Å². The van der Waals surface area contributed by atoms with E-state index in [-0.39, 0.29) is 11.9 Å². The highest BCUT2D eigenvalue weighted by atomic mass is 16.8. The maximum absolute atomic E-state index is 11.7. The van der Waals surface area contributed by atoms with Gasteiger partial charge in [-0.25, -0.2) is 14.3 Å². The lowest BCUT2D eigenvalue weighted by Gasteiger charge is -2.32. The van der Waals surface area contributed by atoms with Crippen molar-refractivity contribution in [1.82, 2.24) is 14.6 Å². The van der Waals surface area contributed by atoms with Gasteiger partial charge in [0.15, 0.2) is 17.5 Å². The summed E-state index contributed by atoms with van der Waals surface area (Å²) in [6.45, 7) is 4.99. The van der Waals surface area contributed by atoms with Crippen LogP contribution >= 0.6 is 0 Å². The molecule has 3 heterocycles. The average Bonchev–Trinajstić information content (AvgIpc) is 2.88. The predicted molar refractivity (Wildman–Crippen MR) is 87.1 cm³/mol. The van der Waals surface area contributed by atoms with E-state index < -0.39 is 35.7 Å². The Hall–Kier alpha value is -2.43. The van der Waals surface area contributed by atoms with E-state index in [1.54, 1.807) is 32.9 Å². The normalized spacial score (nSPS) is 35.5. The number of nitrogens with two attached hydrogens (primary N) is 1. The summed E-state index contributed by atoms with van der Waals surface area (Å²) in [5, 5.41) is 25.7. The van der Waals surface area contributed by atoms with Crippen molar-refractivity contribution in [2.24, 2.45) is 0 Å². The van der Waals surface area contributed by atoms with Crippen molar-refractivity contribution in [3.05, 3.63) is 24.2 Å². The van der Waals surface area contributed by atoms with Crippen molar-refractivity contribution in [3.8, 4) is 0 Å². The highest BCUT2D eigenvalue weighted by molar-refractivity contribution is 5.66. The van der Waals surface area contributed by atoms with Crippen LogP contribution in [0.1, 0.15) is 26.5 Å². The Morgan fingerprint density at radius 1 is 1.46 bits per heavy atom. The van der Waals surface area contributed by atoms with Gasteiger partial charge in [-0.05, 0) is 32.9 Å². The summed E-state index contributed by atoms with van der Waals surface area (Å²) < 4.78 is 17.4. The first kappa shape index (κ1) is 17.0. The monoisotopic (exact) mass is 364 g/mol. The molecule has 5 atom stereocenters. The van der Waals surface area contributed by atoms with E-state index >= 15 is 0 Å². The molecule has 0 spiro atoms. The van der Waals surface area contributed by atoms with Crippen LogP contribution in [0.25, 0.3) is 5.52 Å². The van der Waals surface area contributed by atoms with Crippen molar-refractivity contribution in [2.75, 3.05) is 5.73 Å². The summed E-state index contributed by atoms with van der Waals surface area (Å²) in [6.07, 6.45) is -3.20. The first-order valence-electron chi connectivity index (χ1n) is 8.23. The van der Waals surface area contributed by atoms with Crippen LogP contribution in [-0.4, -0.2) is 61.0 Å². The zero-order chi connectivity index (χ0) is 18.9. The topological polar surface area (TPSA) is 141 Å². The van der Waals surface area contributed by atoms with Crippen molar-refractivity contribution in [3.63, 3.8) is 0 Å². The molecule has 10 heteroatoms. The van der Waals surface area contributed by atoms with Gasteiger partial charge in [0.05, 0.1) is 11.8 Å². The van der Waals surface area contributed by atoms with Gasteiger partial charge in [-0.1, -0.05) is 0 Å². The number of nitrogens with zero attached hydrogens (tertiary/aromatic N) is 3. The summed E-state index contributed by atoms with van der Waals surface area (Å²) in [4.78, 5) is 15.6. The first-order chi connectivity index (χ1) is 12.2. The second kappa shape index (κ2) is 5.29. The molecular formula is C16H20N4O6. The van der Waals surface area contributed by atoms with Crippen molar-refractivity contribution in [2.45, 2.75) is 56.4 Å². The van der Waals surface area contributed by atoms with Gasteiger partial charge in [0.2, 0.25) is 0 Å². The van der Waals surface area contributed by atoms with E-state index in [1.807, 2.05) is 0 Å². The largest absolute Gasteiger partial charge is 0.509 e. The third-order valence-corrected chi connectivity index (χ3v) is 4.95. The standard InChI is InChI=1S/C16H20N4O6/c1-7(2)24-14(22)25-10-11-16(10,23)13(21)15(3,26-11)9-5-4-8-12(17)18-6-19-20(8)9/h4-7,10-11,13,21,23H,1-3H3,(H2,17,18,19)/t10?,11-,13+,15+,16-/m1/s1. The van der Waals surface area contributed by atoms with Gasteiger partial charge >= 0.3 is 6.16 Å². The molecule has 26 heavy (non-hydrogen) atoms. The molecule has 1 unspecified atom stereocenters. The molecule has 2 fully saturated rings. The van der Waals surface area contributed by atoms with Gasteiger partial charge in [-0.2, -0.15) is 5.10 Å². The molecule has 2 aliphatic rings. The van der Waals surface area contributed by atoms with Crippen LogP contribution in [0, 0.1) is 0 Å². The Labute approximate surface area is 148 Å². The lowest BCUT2D eigenvalue weighted by atomic mass is 9.91. The van der Waals surface area contributed by atoms with Gasteiger partial charge in [0, 0.05) is 0 Å². The van der Waals surface area contributed by atoms with Crippen molar-refractivity contribution < 1.29 is 29.2 Å². The zero-order valence-corrected chi connectivity index (χ0v) is 14.5. The molecule has 0 bridgehead atoms. The molecule has 0 amide bonds. The first-order valence-corrected chi connectivity index (χ1v) is 8.23. The fraction of sp³-hybridized carbons (Fsp3) is 0.562. The number of fused-ring (bicyclic) bond motifs is 2. The van der Waals surface area contributed by atoms with E-state index in [4.69, 9.17) is 19.9 Å². The van der Waals surface area contributed by atoms with E-state index in [2.05, 4.69) is 10.1 Å². The molecule has 2 aromatic heterocycles. The number of hydrogen-bond acceptors (Lipinski definition) is 9. The third-order valence-electron chi connectivity index (χ3n) is 4.95. The fourth-order valence-corrected chi connectivity index (χ4v) is 3.58. The highest BCUT2D eigenvalue weighted by Gasteiger charge is 2.82. The number of aliphatic hydroxyl groups excluding tert-OH is 1. The predicted octanol–water partition coefficient (Wildman–Crippen LogP) is -0.0387. The summed E-state index contributed by atoms with van der Waals surface area (Å²) in [6, 6.07) is 3.40. The zero-order valence-electron chi connectivity index (χ0n) is 14.5. The number of hydrogen-bond donors (Lipinski definition) is 3. The maximum Gasteiger partial charge on any atom is 0.509 e. The minimum atomic E-state index is -1.71. The molecule has 1 saturated heterocycles. The van der Waals surface area contributed by atoms with Crippen molar-refractivity contribution in [1.29, 1.82) is 0 Å². The molecule has 1 aliphatic heterocycles. The third kappa shape index (κ3) is 2.12. The Morgan fingerprint density at radius 2 is 2.19 bits per heavy atom. The molecular weight excluding hydrogens is 344 g/mol. The van der Waals surface area contributed by atoms with E-state index in [9.17, 15) is 15.0 Å². The number of rotatable bonds is 3. The number of anilines is 1. The summed E-state index contributed by atoms with van der Waals surface area (Å²) >= 11 is 0. The second-order valence-electron chi connectivity index (χ2n) is 7.05. The van der Waals surface area contributed by atoms with E-state index in [0.29, 0.717) is 11.2 Å². The lowest BCUT2D eigenvalue weighted by Crippen LogP contribution is -2.46. The quantitative estimate of drug-likeness (QED) is 0.640. The van der Waals surface area contributed by atoms with Gasteiger partial charge in [-0.3, -0.25) is 0 Å². The molecule has 140 valence electrons. The Kier molecular flexibility index (Phi) is 3.46. The van der Waals surface area contributed by atoms with Crippen LogP contribution in [0.5, 0.6) is 0 Å². The number of carbonyl (C=O) groups excluding carboxylic acids is 1. The van der Waals surface area contributed by atoms with Crippen LogP contribution in [0.15, 0.2) is 18.5 Å². The van der Waals surface area contributed by atoms with Gasteiger partial charge in [-0.15, -0.1) is 0 Å². The summed E-state index contributed by atoms with van der Waals surface area (Å²) in [5.41, 5.74) is 3.90. The van der Waals surface area contributed by atoms with Crippen LogP contribution in [0.3, 0.4) is 0 Å². The highest BCUT2D eigenvalue weighted by Crippen LogP contribution is 2.59. The number of ether oxygens (including phenoxy) is 3. The molecule has 4 rings (SSSR count). The molecule has 0 aromatic carbocycles. The van der Waals surface area contributed by atoms with Crippen LogP contribution < -0.4 is 5.73 Å². The molecule has 0 radical (unpaired) electrons. The fourth-order valence-electron chi connectivity index (χ4n) is 3.58. The van der Waals surface area contributed by atoms with Crippen molar-refractivity contribution >= 4 is 17.5 Å². The minimum absolute atomic E-state index is 0.281. The van der Waals surface area contributed by atoms with Gasteiger partial charge in [0.1, 0.15) is 29.7 Å². The average molecular weight is 364 g/mol. The number of aliphatic hydroxyl groups is 2. The van der Waals surface area contributed by atoms with Gasteiger partial charge in [0.25, 0.3) is 0 Å². The smallest absolute Gasteiger partial charge is 0.432 e. The number of nitrogen functional groups attached to an aromatic ring is 1. The second-order valence-corrected chi connectivity index (χ2v) is 7.05. The Morgan fingerprint density at radius 3 is 2.81 bits per heavy atom. The summed E-state index contributed by atoms with van der Waals surface area (Å²) in [5.74, 6) is 0.281. The minimum Gasteiger partial charge on any atom is -0.432 e. The van der Waals surface area contributed by atoms with E-state index in [0.717, 1.165) is 0 Å². The van der Waals surface area contributed by atoms with E-state index in [1.165, 1.54) is 10.8 Å². The molecule has 1 aliphatic carbocycles. The number of aromatic nitrogens is 3. The maximum atomic E-state index is 11.7.